The SMILES string of the molecule is CCC[CH](C(=O)O)[In]1[CH]=CC=[CH]1. The Labute approximate surface area is 80.5 Å². The van der Waals surface area contributed by atoms with Gasteiger partial charge in [0.1, 0.15) is 0 Å². The molecule has 0 aromatic carbocycles. The molecule has 1 unspecified atom stereocenters. The zero-order chi connectivity index (χ0) is 8.97. The van der Waals surface area contributed by atoms with Crippen LogP contribution in [0.15, 0.2) is 19.8 Å². The van der Waals surface area contributed by atoms with E-state index in [1.807, 2.05) is 19.1 Å². The van der Waals surface area contributed by atoms with Crippen LogP contribution in [0.4, 0.5) is 0 Å². The summed E-state index contributed by atoms with van der Waals surface area (Å²) in [7, 11) is 0. The molecule has 2 nitrogen and oxygen atoms in total. The number of aliphatic carboxylic acids is 1. The van der Waals surface area contributed by atoms with Crippen LogP contribution in [-0.4, -0.2) is 32.5 Å². The summed E-state index contributed by atoms with van der Waals surface area (Å²) in [6.07, 6.45) is 5.84. The van der Waals surface area contributed by atoms with Crippen molar-refractivity contribution in [2.75, 3.05) is 0 Å². The number of carboxylic acids is 1. The van der Waals surface area contributed by atoms with Crippen molar-refractivity contribution in [3.05, 3.63) is 19.8 Å². The van der Waals surface area contributed by atoms with Crippen LogP contribution in [0.25, 0.3) is 0 Å². The normalized spacial score (nSPS) is 16.9. The molecule has 0 aliphatic carbocycles. The molecule has 12 heavy (non-hydrogen) atoms. The summed E-state index contributed by atoms with van der Waals surface area (Å²) < 4.78 is 4.30. The molecular weight excluding hydrogens is 255 g/mol. The van der Waals surface area contributed by atoms with Crippen LogP contribution in [0.2, 0.25) is 3.67 Å². The Morgan fingerprint density at radius 2 is 2.08 bits per heavy atom. The van der Waals surface area contributed by atoms with Crippen LogP contribution in [0.1, 0.15) is 19.8 Å². The fraction of sp³-hybridized carbons (Fsp3) is 0.444. The average molecular weight is 268 g/mol. The number of hydrogen-bond donors (Lipinski definition) is 1. The molecule has 0 aromatic heterocycles. The fourth-order valence-corrected chi connectivity index (χ4v) is 8.59. The standard InChI is InChI=1S/C5H9O2.C4H4.In/c1-2-3-4-5(6)7;1-3-4-2;/h4H,2-3H2,1H3,(H,6,7);1-4H;. The van der Waals surface area contributed by atoms with Crippen molar-refractivity contribution >= 4 is 27.4 Å². The quantitative estimate of drug-likeness (QED) is 0.846. The van der Waals surface area contributed by atoms with E-state index in [-0.39, 0.29) is 3.67 Å². The molecule has 0 saturated carbocycles. The molecule has 0 amide bonds. The van der Waals surface area contributed by atoms with Gasteiger partial charge in [-0.25, -0.2) is 0 Å². The van der Waals surface area contributed by atoms with E-state index < -0.39 is 27.4 Å². The average Bonchev–Trinajstić information content (AvgIpc) is 2.51. The third-order valence-corrected chi connectivity index (χ3v) is 10.4. The molecule has 64 valence electrons. The Balaban J connectivity index is 2.58. The van der Waals surface area contributed by atoms with Crippen molar-refractivity contribution in [3.63, 3.8) is 0 Å². The van der Waals surface area contributed by atoms with Crippen molar-refractivity contribution < 1.29 is 9.90 Å². The number of hydrogen-bond acceptors (Lipinski definition) is 1. The maximum atomic E-state index is 10.9. The van der Waals surface area contributed by atoms with Crippen molar-refractivity contribution in [2.24, 2.45) is 0 Å². The summed E-state index contributed by atoms with van der Waals surface area (Å²) in [6.45, 7) is 2.05. The summed E-state index contributed by atoms with van der Waals surface area (Å²) in [4.78, 5) is 10.9. The first-order valence-corrected chi connectivity index (χ1v) is 10.0. The third-order valence-electron chi connectivity index (χ3n) is 2.16. The summed E-state index contributed by atoms with van der Waals surface area (Å²) in [5.74, 6) is -0.589. The molecule has 1 heterocycles. The first-order valence-electron chi connectivity index (χ1n) is 4.33. The minimum atomic E-state index is -1.92. The summed E-state index contributed by atoms with van der Waals surface area (Å²) in [5.41, 5.74) is 0. The van der Waals surface area contributed by atoms with E-state index in [1.165, 1.54) is 0 Å². The number of carbonyl (C=O) groups is 1. The predicted octanol–water partition coefficient (Wildman–Crippen LogP) is 1.94. The molecule has 0 bridgehead atoms. The maximum absolute atomic E-state index is 10.9. The fourth-order valence-electron chi connectivity index (χ4n) is 1.51. The van der Waals surface area contributed by atoms with Gasteiger partial charge < -0.3 is 0 Å². The van der Waals surface area contributed by atoms with E-state index in [0.717, 1.165) is 12.8 Å². The van der Waals surface area contributed by atoms with Crippen molar-refractivity contribution in [1.82, 2.24) is 0 Å². The van der Waals surface area contributed by atoms with E-state index in [2.05, 4.69) is 7.67 Å². The molecule has 1 N–H and O–H groups in total. The monoisotopic (exact) mass is 268 g/mol. The van der Waals surface area contributed by atoms with Crippen LogP contribution in [0.3, 0.4) is 0 Å². The van der Waals surface area contributed by atoms with Gasteiger partial charge in [0, 0.05) is 0 Å². The molecule has 0 aromatic rings. The molecule has 1 rings (SSSR count). The van der Waals surface area contributed by atoms with Crippen molar-refractivity contribution in [2.45, 2.75) is 23.4 Å². The number of carboxylic acid groups (broad SMARTS) is 1. The van der Waals surface area contributed by atoms with Gasteiger partial charge in [0.05, 0.1) is 0 Å². The van der Waals surface area contributed by atoms with Gasteiger partial charge in [-0.05, 0) is 0 Å². The first-order chi connectivity index (χ1) is 5.75. The number of allylic oxidation sites excluding steroid dienone is 2. The second kappa shape index (κ2) is 4.75. The van der Waals surface area contributed by atoms with Gasteiger partial charge >= 0.3 is 80.6 Å². The van der Waals surface area contributed by atoms with Gasteiger partial charge in [-0.3, -0.25) is 0 Å². The molecule has 1 aliphatic rings. The topological polar surface area (TPSA) is 37.3 Å². The zero-order valence-corrected chi connectivity index (χ0v) is 10.5. The van der Waals surface area contributed by atoms with Crippen LogP contribution in [0, 0.1) is 0 Å². The second-order valence-corrected chi connectivity index (χ2v) is 10.9. The molecular formula is C9H13InO2. The van der Waals surface area contributed by atoms with Gasteiger partial charge in [-0.1, -0.05) is 0 Å². The Hall–Kier alpha value is -0.180. The van der Waals surface area contributed by atoms with E-state index in [0.29, 0.717) is 0 Å². The Bertz CT molecular complexity index is 209. The van der Waals surface area contributed by atoms with Crippen LogP contribution >= 0.6 is 0 Å². The minimum absolute atomic E-state index is 0.0215. The Morgan fingerprint density at radius 1 is 1.50 bits per heavy atom. The van der Waals surface area contributed by atoms with E-state index in [4.69, 9.17) is 5.11 Å². The predicted molar refractivity (Wildman–Crippen MR) is 50.3 cm³/mol. The Morgan fingerprint density at radius 3 is 2.50 bits per heavy atom. The van der Waals surface area contributed by atoms with E-state index in [9.17, 15) is 4.79 Å². The summed E-state index contributed by atoms with van der Waals surface area (Å²) in [5, 5.41) is 8.95. The zero-order valence-electron chi connectivity index (χ0n) is 7.23. The summed E-state index contributed by atoms with van der Waals surface area (Å²) in [6, 6.07) is 0. The molecule has 1 atom stereocenters. The molecule has 3 heteroatoms. The molecule has 1 aliphatic heterocycles. The molecule has 0 spiro atoms. The van der Waals surface area contributed by atoms with Gasteiger partial charge in [0.25, 0.3) is 0 Å². The molecule has 0 fully saturated rings. The Kier molecular flexibility index (Phi) is 3.92. The third kappa shape index (κ3) is 2.41. The van der Waals surface area contributed by atoms with Gasteiger partial charge in [0.2, 0.25) is 0 Å². The van der Waals surface area contributed by atoms with Crippen LogP contribution in [0.5, 0.6) is 0 Å². The summed E-state index contributed by atoms with van der Waals surface area (Å²) >= 11 is -1.92. The van der Waals surface area contributed by atoms with Crippen LogP contribution in [-0.2, 0) is 4.79 Å². The van der Waals surface area contributed by atoms with Crippen molar-refractivity contribution in [3.8, 4) is 0 Å². The van der Waals surface area contributed by atoms with Crippen molar-refractivity contribution in [1.29, 1.82) is 0 Å². The number of rotatable bonds is 4. The van der Waals surface area contributed by atoms with E-state index >= 15 is 0 Å². The van der Waals surface area contributed by atoms with Gasteiger partial charge in [-0.2, -0.15) is 0 Å². The van der Waals surface area contributed by atoms with Crippen LogP contribution < -0.4 is 0 Å². The van der Waals surface area contributed by atoms with Gasteiger partial charge in [0.15, 0.2) is 0 Å². The van der Waals surface area contributed by atoms with Gasteiger partial charge in [-0.15, -0.1) is 0 Å². The molecule has 0 saturated heterocycles. The molecule has 0 radical (unpaired) electrons. The second-order valence-electron chi connectivity index (χ2n) is 3.08. The first kappa shape index (κ1) is 9.90. The van der Waals surface area contributed by atoms with E-state index in [1.54, 1.807) is 0 Å².